The van der Waals surface area contributed by atoms with Gasteiger partial charge in [-0.3, -0.25) is 4.79 Å². The lowest BCUT2D eigenvalue weighted by Gasteiger charge is -2.32. The first kappa shape index (κ1) is 30.7. The zero-order chi connectivity index (χ0) is 21.5. The molecule has 0 saturated heterocycles. The van der Waals surface area contributed by atoms with Crippen molar-refractivity contribution in [2.24, 2.45) is 11.7 Å². The van der Waals surface area contributed by atoms with Crippen molar-refractivity contribution in [3.8, 4) is 0 Å². The fourth-order valence-electron chi connectivity index (χ4n) is 3.49. The number of carbonyl (C=O) groups excluding carboxylic acids is 1. The molecule has 0 aromatic heterocycles. The van der Waals surface area contributed by atoms with E-state index in [0.29, 0.717) is 25.8 Å². The molecule has 0 aromatic rings. The summed E-state index contributed by atoms with van der Waals surface area (Å²) in [4.78, 5) is 12.8. The topological polar surface area (TPSA) is 131 Å². The van der Waals surface area contributed by atoms with Crippen LogP contribution in [0, 0.1) is 5.92 Å². The lowest BCUT2D eigenvalue weighted by molar-refractivity contribution is -0.129. The number of hydrogen-bond acceptors (Lipinski definition) is 7. The van der Waals surface area contributed by atoms with Crippen LogP contribution in [0.5, 0.6) is 0 Å². The molecule has 0 radical (unpaired) electrons. The molecule has 29 heavy (non-hydrogen) atoms. The van der Waals surface area contributed by atoms with E-state index in [2.05, 4.69) is 11.1 Å². The highest BCUT2D eigenvalue weighted by molar-refractivity contribution is 7.81. The van der Waals surface area contributed by atoms with Gasteiger partial charge in [-0.1, -0.05) is 58.3 Å². The first-order valence-corrected chi connectivity index (χ1v) is 12.4. The summed E-state index contributed by atoms with van der Waals surface area (Å²) in [5, 5.41) is 0. The van der Waals surface area contributed by atoms with Crippen molar-refractivity contribution in [2.45, 2.75) is 110 Å². The highest BCUT2D eigenvalue weighted by atomic mass is 32.3. The van der Waals surface area contributed by atoms with Crippen molar-refractivity contribution in [1.82, 2.24) is 6.15 Å². The van der Waals surface area contributed by atoms with E-state index in [0.717, 1.165) is 19.3 Å². The predicted octanol–water partition coefficient (Wildman–Crippen LogP) is 5.07. The first-order chi connectivity index (χ1) is 13.2. The van der Waals surface area contributed by atoms with Gasteiger partial charge in [0.25, 0.3) is 0 Å². The fourth-order valence-corrected chi connectivity index (χ4v) is 4.47. The standard InChI is InChI=1S/C21H43NO5S.H3N/c1-5-7-8-9-10-11-12-13-14-17-20(23)19(16-15-18-22)21(3,4)27-28(24,25)26-6-2;/h19H,5-18,22H2,1-4H3;1H3. The Morgan fingerprint density at radius 1 is 0.931 bits per heavy atom. The summed E-state index contributed by atoms with van der Waals surface area (Å²) in [7, 11) is -4.12. The molecule has 1 unspecified atom stereocenters. The third kappa shape index (κ3) is 15.0. The lowest BCUT2D eigenvalue weighted by Crippen LogP contribution is -2.41. The first-order valence-electron chi connectivity index (χ1n) is 11.0. The van der Waals surface area contributed by atoms with E-state index in [4.69, 9.17) is 9.92 Å². The minimum Gasteiger partial charge on any atom is -0.344 e. The predicted molar refractivity (Wildman–Crippen MR) is 119 cm³/mol. The van der Waals surface area contributed by atoms with Crippen LogP contribution >= 0.6 is 0 Å². The Morgan fingerprint density at radius 2 is 1.45 bits per heavy atom. The smallest absolute Gasteiger partial charge is 0.344 e. The molecule has 0 aliphatic heterocycles. The quantitative estimate of drug-likeness (QED) is 0.269. The van der Waals surface area contributed by atoms with Crippen LogP contribution in [-0.4, -0.2) is 33.0 Å². The zero-order valence-corrected chi connectivity index (χ0v) is 20.0. The summed E-state index contributed by atoms with van der Waals surface area (Å²) in [5.74, 6) is -0.464. The van der Waals surface area contributed by atoms with Gasteiger partial charge in [0.05, 0.1) is 12.2 Å². The summed E-state index contributed by atoms with van der Waals surface area (Å²) in [5.41, 5.74) is 4.45. The van der Waals surface area contributed by atoms with E-state index in [1.165, 1.54) is 38.5 Å². The number of carbonyl (C=O) groups is 1. The Labute approximate surface area is 179 Å². The van der Waals surface area contributed by atoms with Gasteiger partial charge in [0, 0.05) is 12.3 Å². The van der Waals surface area contributed by atoms with Crippen molar-refractivity contribution >= 4 is 16.2 Å². The number of unbranched alkanes of at least 4 members (excludes halogenated alkanes) is 8. The molecule has 1 atom stereocenters. The van der Waals surface area contributed by atoms with Gasteiger partial charge in [0.1, 0.15) is 5.78 Å². The maximum atomic E-state index is 12.8. The molecule has 0 rings (SSSR count). The van der Waals surface area contributed by atoms with Crippen LogP contribution in [-0.2, 0) is 23.6 Å². The van der Waals surface area contributed by atoms with Gasteiger partial charge in [0.15, 0.2) is 0 Å². The van der Waals surface area contributed by atoms with Crippen molar-refractivity contribution < 1.29 is 21.6 Å². The number of rotatable bonds is 19. The van der Waals surface area contributed by atoms with Crippen molar-refractivity contribution in [3.63, 3.8) is 0 Å². The van der Waals surface area contributed by atoms with E-state index in [1.807, 2.05) is 0 Å². The van der Waals surface area contributed by atoms with Gasteiger partial charge in [-0.2, -0.15) is 8.42 Å². The molecule has 0 fully saturated rings. The Morgan fingerprint density at radius 3 is 1.93 bits per heavy atom. The second-order valence-corrected chi connectivity index (χ2v) is 9.25. The van der Waals surface area contributed by atoms with Crippen LogP contribution in [0.25, 0.3) is 0 Å². The van der Waals surface area contributed by atoms with E-state index in [-0.39, 0.29) is 18.5 Å². The summed E-state index contributed by atoms with van der Waals surface area (Å²) >= 11 is 0. The Balaban J connectivity index is 0. The Bertz CT molecular complexity index is 509. The van der Waals surface area contributed by atoms with Crippen LogP contribution < -0.4 is 11.9 Å². The van der Waals surface area contributed by atoms with Crippen LogP contribution in [0.15, 0.2) is 0 Å². The highest BCUT2D eigenvalue weighted by Gasteiger charge is 2.39. The molecule has 0 aliphatic carbocycles. The highest BCUT2D eigenvalue weighted by Crippen LogP contribution is 2.30. The van der Waals surface area contributed by atoms with Gasteiger partial charge in [0.2, 0.25) is 0 Å². The molecule has 0 saturated carbocycles. The normalized spacial score (nSPS) is 13.1. The van der Waals surface area contributed by atoms with Crippen LogP contribution in [0.1, 0.15) is 105 Å². The number of Topliss-reactive ketones (excluding diaryl/α,β-unsaturated/α-hetero) is 1. The van der Waals surface area contributed by atoms with Crippen molar-refractivity contribution in [3.05, 3.63) is 0 Å². The molecule has 0 aliphatic rings. The SMILES string of the molecule is CCCCCCCCCCCC(=O)C(CCCN)C(C)(C)OS(=O)(=O)OCC.N. The van der Waals surface area contributed by atoms with E-state index in [1.54, 1.807) is 20.8 Å². The molecule has 176 valence electrons. The second-order valence-electron chi connectivity index (χ2n) is 8.03. The van der Waals surface area contributed by atoms with Gasteiger partial charge in [-0.05, 0) is 46.6 Å². The summed E-state index contributed by atoms with van der Waals surface area (Å²) in [6.45, 7) is 7.53. The number of nitrogens with two attached hydrogens (primary N) is 1. The number of hydrogen-bond donors (Lipinski definition) is 2. The monoisotopic (exact) mass is 438 g/mol. The fraction of sp³-hybridized carbons (Fsp3) is 0.952. The summed E-state index contributed by atoms with van der Waals surface area (Å²) in [6, 6.07) is 0. The maximum Gasteiger partial charge on any atom is 0.400 e. The molecular weight excluding hydrogens is 392 g/mol. The minimum atomic E-state index is -4.12. The molecule has 8 heteroatoms. The molecule has 0 amide bonds. The van der Waals surface area contributed by atoms with Gasteiger partial charge < -0.3 is 11.9 Å². The molecule has 5 N–H and O–H groups in total. The number of ketones is 1. The summed E-state index contributed by atoms with van der Waals surface area (Å²) < 4.78 is 33.7. The van der Waals surface area contributed by atoms with E-state index < -0.39 is 21.9 Å². The van der Waals surface area contributed by atoms with Gasteiger partial charge in [-0.15, -0.1) is 0 Å². The maximum absolute atomic E-state index is 12.8. The third-order valence-electron chi connectivity index (χ3n) is 5.03. The second kappa shape index (κ2) is 17.2. The molecule has 0 aromatic carbocycles. The minimum absolute atomic E-state index is 0. The Kier molecular flexibility index (Phi) is 18.2. The van der Waals surface area contributed by atoms with Gasteiger partial charge in [-0.25, -0.2) is 8.37 Å². The van der Waals surface area contributed by atoms with E-state index >= 15 is 0 Å². The average Bonchev–Trinajstić information content (AvgIpc) is 2.59. The molecule has 0 spiro atoms. The van der Waals surface area contributed by atoms with E-state index in [9.17, 15) is 13.2 Å². The lowest BCUT2D eigenvalue weighted by atomic mass is 9.82. The molecule has 0 heterocycles. The molecular formula is C21H46N2O5S. The third-order valence-corrected chi connectivity index (χ3v) is 6.19. The van der Waals surface area contributed by atoms with Gasteiger partial charge >= 0.3 is 10.4 Å². The van der Waals surface area contributed by atoms with Crippen molar-refractivity contribution in [2.75, 3.05) is 13.2 Å². The zero-order valence-electron chi connectivity index (χ0n) is 19.2. The average molecular weight is 439 g/mol. The largest absolute Gasteiger partial charge is 0.400 e. The molecule has 7 nitrogen and oxygen atoms in total. The Hall–Kier alpha value is -0.540. The van der Waals surface area contributed by atoms with Crippen LogP contribution in [0.4, 0.5) is 0 Å². The van der Waals surface area contributed by atoms with Crippen molar-refractivity contribution in [1.29, 1.82) is 0 Å². The molecule has 0 bridgehead atoms. The van der Waals surface area contributed by atoms with Crippen LogP contribution in [0.3, 0.4) is 0 Å². The summed E-state index contributed by atoms with van der Waals surface area (Å²) in [6.07, 6.45) is 12.3. The van der Waals surface area contributed by atoms with Crippen LogP contribution in [0.2, 0.25) is 0 Å².